The minimum atomic E-state index is 1.21. The Morgan fingerprint density at radius 1 is 1.08 bits per heavy atom. The molecular weight excluding hydrogens is 144 g/mol. The van der Waals surface area contributed by atoms with E-state index < -0.39 is 0 Å². The lowest BCUT2D eigenvalue weighted by atomic mass is 10.1. The Morgan fingerprint density at radius 3 is 2.25 bits per heavy atom. The minimum absolute atomic E-state index is 1.21. The van der Waals surface area contributed by atoms with Crippen LogP contribution in [-0.4, -0.2) is 0 Å². The van der Waals surface area contributed by atoms with E-state index in [9.17, 15) is 0 Å². The van der Waals surface area contributed by atoms with Crippen LogP contribution in [0, 0.1) is 0 Å². The fourth-order valence-electron chi connectivity index (χ4n) is 1.19. The van der Waals surface area contributed by atoms with Gasteiger partial charge in [-0.3, -0.25) is 0 Å². The predicted octanol–water partition coefficient (Wildman–Crippen LogP) is 4.48. The van der Waals surface area contributed by atoms with Crippen molar-refractivity contribution in [2.24, 2.45) is 0 Å². The molecule has 0 amide bonds. The first-order chi connectivity index (χ1) is 5.70. The standard InChI is InChI=1S/C12H22/c1-5-8-12(4)10-7-9-11(3)6-2/h6,10H,5,7-9H2,1-4H3. The van der Waals surface area contributed by atoms with E-state index in [1.807, 2.05) is 0 Å². The smallest absolute Gasteiger partial charge is 0.0288 e. The largest absolute Gasteiger partial charge is 0.0887 e. The van der Waals surface area contributed by atoms with Crippen molar-refractivity contribution in [2.75, 3.05) is 0 Å². The molecule has 0 rings (SSSR count). The van der Waals surface area contributed by atoms with Crippen molar-refractivity contribution in [1.29, 1.82) is 0 Å². The molecule has 0 radical (unpaired) electrons. The normalized spacial score (nSPS) is 13.7. The van der Waals surface area contributed by atoms with Gasteiger partial charge in [0.1, 0.15) is 0 Å². The summed E-state index contributed by atoms with van der Waals surface area (Å²) in [7, 11) is 0. The zero-order chi connectivity index (χ0) is 9.40. The number of rotatable bonds is 5. The van der Waals surface area contributed by atoms with Gasteiger partial charge < -0.3 is 0 Å². The number of hydrogen-bond donors (Lipinski definition) is 0. The van der Waals surface area contributed by atoms with E-state index in [-0.39, 0.29) is 0 Å². The second-order valence-corrected chi connectivity index (χ2v) is 3.47. The molecule has 0 heterocycles. The van der Waals surface area contributed by atoms with Crippen molar-refractivity contribution in [2.45, 2.75) is 53.4 Å². The molecule has 0 spiro atoms. The third-order valence-corrected chi connectivity index (χ3v) is 2.17. The first kappa shape index (κ1) is 11.5. The van der Waals surface area contributed by atoms with Crippen LogP contribution in [0.3, 0.4) is 0 Å². The molecule has 0 atom stereocenters. The fourth-order valence-corrected chi connectivity index (χ4v) is 1.19. The van der Waals surface area contributed by atoms with Crippen molar-refractivity contribution in [3.05, 3.63) is 23.3 Å². The first-order valence-electron chi connectivity index (χ1n) is 4.98. The Morgan fingerprint density at radius 2 is 1.75 bits per heavy atom. The Hall–Kier alpha value is -0.520. The zero-order valence-corrected chi connectivity index (χ0v) is 8.98. The quantitative estimate of drug-likeness (QED) is 0.528. The minimum Gasteiger partial charge on any atom is -0.0887 e. The Bertz CT molecular complexity index is 161. The van der Waals surface area contributed by atoms with Gasteiger partial charge in [-0.25, -0.2) is 0 Å². The highest BCUT2D eigenvalue weighted by Gasteiger charge is 1.88. The average Bonchev–Trinajstić information content (AvgIpc) is 2.04. The molecule has 0 aliphatic heterocycles. The Kier molecular flexibility index (Phi) is 6.84. The van der Waals surface area contributed by atoms with Crippen molar-refractivity contribution < 1.29 is 0 Å². The third-order valence-electron chi connectivity index (χ3n) is 2.17. The molecule has 0 nitrogen and oxygen atoms in total. The maximum absolute atomic E-state index is 2.37. The third kappa shape index (κ3) is 6.21. The summed E-state index contributed by atoms with van der Waals surface area (Å²) in [5.74, 6) is 0. The Labute approximate surface area is 77.4 Å². The summed E-state index contributed by atoms with van der Waals surface area (Å²) in [6, 6.07) is 0. The van der Waals surface area contributed by atoms with Crippen LogP contribution >= 0.6 is 0 Å². The van der Waals surface area contributed by atoms with Gasteiger partial charge in [0.25, 0.3) is 0 Å². The molecule has 0 bridgehead atoms. The van der Waals surface area contributed by atoms with Crippen molar-refractivity contribution in [3.8, 4) is 0 Å². The molecule has 0 saturated heterocycles. The van der Waals surface area contributed by atoms with Gasteiger partial charge in [-0.2, -0.15) is 0 Å². The van der Waals surface area contributed by atoms with Crippen LogP contribution in [0.5, 0.6) is 0 Å². The van der Waals surface area contributed by atoms with Gasteiger partial charge in [0, 0.05) is 0 Å². The summed E-state index contributed by atoms with van der Waals surface area (Å²) in [6.07, 6.45) is 9.53. The lowest BCUT2D eigenvalue weighted by Crippen LogP contribution is -1.78. The van der Waals surface area contributed by atoms with Crippen LogP contribution < -0.4 is 0 Å². The maximum atomic E-state index is 2.37. The van der Waals surface area contributed by atoms with Gasteiger partial charge in [-0.05, 0) is 40.0 Å². The molecule has 70 valence electrons. The molecule has 0 aromatic heterocycles. The van der Waals surface area contributed by atoms with Crippen LogP contribution in [0.25, 0.3) is 0 Å². The molecule has 0 fully saturated rings. The summed E-state index contributed by atoms with van der Waals surface area (Å²) in [6.45, 7) is 8.77. The van der Waals surface area contributed by atoms with E-state index in [0.29, 0.717) is 0 Å². The van der Waals surface area contributed by atoms with Crippen LogP contribution in [0.2, 0.25) is 0 Å². The highest BCUT2D eigenvalue weighted by molar-refractivity contribution is 5.02. The number of hydrogen-bond acceptors (Lipinski definition) is 0. The zero-order valence-electron chi connectivity index (χ0n) is 8.98. The van der Waals surface area contributed by atoms with Crippen molar-refractivity contribution in [3.63, 3.8) is 0 Å². The Balaban J connectivity index is 3.59. The van der Waals surface area contributed by atoms with Gasteiger partial charge in [0.2, 0.25) is 0 Å². The molecular formula is C12H22. The lowest BCUT2D eigenvalue weighted by Gasteiger charge is -1.99. The molecule has 0 aliphatic carbocycles. The van der Waals surface area contributed by atoms with Crippen molar-refractivity contribution in [1.82, 2.24) is 0 Å². The van der Waals surface area contributed by atoms with Gasteiger partial charge in [0.15, 0.2) is 0 Å². The second-order valence-electron chi connectivity index (χ2n) is 3.47. The monoisotopic (exact) mass is 166 g/mol. The van der Waals surface area contributed by atoms with Crippen LogP contribution in [0.1, 0.15) is 53.4 Å². The van der Waals surface area contributed by atoms with Gasteiger partial charge in [-0.15, -0.1) is 0 Å². The molecule has 0 N–H and O–H groups in total. The molecule has 0 heteroatoms. The van der Waals surface area contributed by atoms with E-state index in [1.165, 1.54) is 31.3 Å². The summed E-state index contributed by atoms with van der Waals surface area (Å²) in [5.41, 5.74) is 3.04. The van der Waals surface area contributed by atoms with Gasteiger partial charge in [-0.1, -0.05) is 36.6 Å². The number of allylic oxidation sites excluding steroid dienone is 4. The van der Waals surface area contributed by atoms with Crippen LogP contribution in [0.15, 0.2) is 23.3 Å². The van der Waals surface area contributed by atoms with E-state index in [2.05, 4.69) is 39.8 Å². The van der Waals surface area contributed by atoms with E-state index >= 15 is 0 Å². The van der Waals surface area contributed by atoms with Gasteiger partial charge in [0.05, 0.1) is 0 Å². The van der Waals surface area contributed by atoms with Crippen LogP contribution in [-0.2, 0) is 0 Å². The summed E-state index contributed by atoms with van der Waals surface area (Å²) in [4.78, 5) is 0. The average molecular weight is 166 g/mol. The summed E-state index contributed by atoms with van der Waals surface area (Å²) in [5, 5.41) is 0. The first-order valence-corrected chi connectivity index (χ1v) is 4.98. The highest BCUT2D eigenvalue weighted by atomic mass is 13.9. The molecule has 0 saturated carbocycles. The predicted molar refractivity (Wildman–Crippen MR) is 57.3 cm³/mol. The maximum Gasteiger partial charge on any atom is -0.0288 e. The van der Waals surface area contributed by atoms with Gasteiger partial charge >= 0.3 is 0 Å². The lowest BCUT2D eigenvalue weighted by molar-refractivity contribution is 0.881. The molecule has 0 aromatic carbocycles. The van der Waals surface area contributed by atoms with E-state index in [1.54, 1.807) is 5.57 Å². The van der Waals surface area contributed by atoms with Crippen LogP contribution in [0.4, 0.5) is 0 Å². The SMILES string of the molecule is CC=C(C)CCC=C(C)CCC. The van der Waals surface area contributed by atoms with Crippen molar-refractivity contribution >= 4 is 0 Å². The molecule has 0 aliphatic rings. The summed E-state index contributed by atoms with van der Waals surface area (Å²) >= 11 is 0. The highest BCUT2D eigenvalue weighted by Crippen LogP contribution is 2.09. The topological polar surface area (TPSA) is 0 Å². The van der Waals surface area contributed by atoms with E-state index in [0.717, 1.165) is 0 Å². The fraction of sp³-hybridized carbons (Fsp3) is 0.667. The molecule has 0 unspecified atom stereocenters. The van der Waals surface area contributed by atoms with E-state index in [4.69, 9.17) is 0 Å². The summed E-state index contributed by atoms with van der Waals surface area (Å²) < 4.78 is 0. The molecule has 0 aromatic rings. The molecule has 12 heavy (non-hydrogen) atoms. The second kappa shape index (κ2) is 7.15.